The maximum atomic E-state index is 11.5. The molecule has 21 heavy (non-hydrogen) atoms. The number of carbonyl (C=O) groups is 1. The molecule has 3 heteroatoms. The van der Waals surface area contributed by atoms with Gasteiger partial charge in [0.25, 0.3) is 0 Å². The fourth-order valence-corrected chi connectivity index (χ4v) is 2.20. The molecule has 1 rings (SSSR count). The third-order valence-electron chi connectivity index (χ3n) is 3.64. The first-order chi connectivity index (χ1) is 9.93. The van der Waals surface area contributed by atoms with Crippen LogP contribution in [0.3, 0.4) is 0 Å². The third-order valence-corrected chi connectivity index (χ3v) is 3.64. The summed E-state index contributed by atoms with van der Waals surface area (Å²) in [4.78, 5) is 11.5. The van der Waals surface area contributed by atoms with Gasteiger partial charge in [-0.15, -0.1) is 0 Å². The van der Waals surface area contributed by atoms with E-state index >= 15 is 0 Å². The molecule has 0 bridgehead atoms. The van der Waals surface area contributed by atoms with Crippen molar-refractivity contribution in [3.05, 3.63) is 35.4 Å². The van der Waals surface area contributed by atoms with Crippen LogP contribution in [0.25, 0.3) is 0 Å². The fraction of sp³-hybridized carbons (Fsp3) is 0.611. The van der Waals surface area contributed by atoms with E-state index in [1.54, 1.807) is 0 Å². The highest BCUT2D eigenvalue weighted by atomic mass is 16.1. The standard InChI is InChI=1S/C18H30N2O/c1-18(2,3)16-11-9-15(10-12-16)7-5-6-8-17(21)20-14-13-19-4/h9-12,19H,5-8,13-14H2,1-4H3,(H,20,21). The maximum Gasteiger partial charge on any atom is 0.220 e. The van der Waals surface area contributed by atoms with Gasteiger partial charge in [-0.1, -0.05) is 45.0 Å². The number of carbonyl (C=O) groups excluding carboxylic acids is 1. The molecule has 1 amide bonds. The van der Waals surface area contributed by atoms with E-state index in [4.69, 9.17) is 0 Å². The molecule has 0 aliphatic rings. The lowest BCUT2D eigenvalue weighted by molar-refractivity contribution is -0.121. The molecule has 0 fully saturated rings. The summed E-state index contributed by atoms with van der Waals surface area (Å²) in [7, 11) is 1.89. The number of amides is 1. The van der Waals surface area contributed by atoms with E-state index in [2.05, 4.69) is 55.7 Å². The van der Waals surface area contributed by atoms with Crippen molar-refractivity contribution in [1.29, 1.82) is 0 Å². The molecule has 0 saturated heterocycles. The Balaban J connectivity index is 2.22. The quantitative estimate of drug-likeness (QED) is 0.723. The van der Waals surface area contributed by atoms with Gasteiger partial charge in [-0.05, 0) is 42.9 Å². The van der Waals surface area contributed by atoms with Gasteiger partial charge in [-0.2, -0.15) is 0 Å². The summed E-state index contributed by atoms with van der Waals surface area (Å²) in [5.74, 6) is 0.160. The van der Waals surface area contributed by atoms with Crippen molar-refractivity contribution in [3.63, 3.8) is 0 Å². The summed E-state index contributed by atoms with van der Waals surface area (Å²) in [5.41, 5.74) is 2.94. The second-order valence-corrected chi connectivity index (χ2v) is 6.61. The molecule has 2 N–H and O–H groups in total. The minimum atomic E-state index is 0.160. The minimum absolute atomic E-state index is 0.160. The fourth-order valence-electron chi connectivity index (χ4n) is 2.20. The van der Waals surface area contributed by atoms with E-state index in [1.807, 2.05) is 7.05 Å². The Morgan fingerprint density at radius 3 is 2.29 bits per heavy atom. The molecule has 0 spiro atoms. The van der Waals surface area contributed by atoms with Gasteiger partial charge in [0.1, 0.15) is 0 Å². The number of rotatable bonds is 8. The summed E-state index contributed by atoms with van der Waals surface area (Å²) in [6.45, 7) is 8.23. The summed E-state index contributed by atoms with van der Waals surface area (Å²) in [5, 5.41) is 5.92. The lowest BCUT2D eigenvalue weighted by atomic mass is 9.86. The van der Waals surface area contributed by atoms with E-state index in [0.717, 1.165) is 25.8 Å². The van der Waals surface area contributed by atoms with Crippen LogP contribution in [-0.4, -0.2) is 26.0 Å². The number of nitrogens with one attached hydrogen (secondary N) is 2. The molecule has 0 atom stereocenters. The molecule has 0 heterocycles. The summed E-state index contributed by atoms with van der Waals surface area (Å²) in [6, 6.07) is 8.88. The Hall–Kier alpha value is -1.35. The van der Waals surface area contributed by atoms with Crippen LogP contribution in [-0.2, 0) is 16.6 Å². The zero-order chi connectivity index (χ0) is 15.7. The van der Waals surface area contributed by atoms with Crippen LogP contribution in [0.4, 0.5) is 0 Å². The van der Waals surface area contributed by atoms with Crippen LogP contribution in [0.15, 0.2) is 24.3 Å². The van der Waals surface area contributed by atoms with Crippen molar-refractivity contribution in [1.82, 2.24) is 10.6 Å². The Morgan fingerprint density at radius 1 is 1.05 bits per heavy atom. The molecular weight excluding hydrogens is 260 g/mol. The first-order valence-electron chi connectivity index (χ1n) is 7.94. The zero-order valence-electron chi connectivity index (χ0n) is 14.0. The predicted molar refractivity (Wildman–Crippen MR) is 89.6 cm³/mol. The first-order valence-corrected chi connectivity index (χ1v) is 7.94. The van der Waals surface area contributed by atoms with Crippen molar-refractivity contribution in [2.24, 2.45) is 0 Å². The molecule has 3 nitrogen and oxygen atoms in total. The normalized spacial score (nSPS) is 11.4. The molecule has 1 aromatic rings. The number of aryl methyl sites for hydroxylation is 1. The minimum Gasteiger partial charge on any atom is -0.355 e. The van der Waals surface area contributed by atoms with Crippen molar-refractivity contribution in [3.8, 4) is 0 Å². The van der Waals surface area contributed by atoms with Crippen LogP contribution in [0, 0.1) is 0 Å². The smallest absolute Gasteiger partial charge is 0.220 e. The van der Waals surface area contributed by atoms with Crippen molar-refractivity contribution in [2.45, 2.75) is 51.9 Å². The Bertz CT molecular complexity index is 418. The Kier molecular flexibility index (Phi) is 7.44. The van der Waals surface area contributed by atoms with Gasteiger partial charge in [0, 0.05) is 19.5 Å². The molecular formula is C18H30N2O. The van der Waals surface area contributed by atoms with Gasteiger partial charge in [0.2, 0.25) is 5.91 Å². The van der Waals surface area contributed by atoms with Crippen molar-refractivity contribution in [2.75, 3.05) is 20.1 Å². The van der Waals surface area contributed by atoms with Gasteiger partial charge < -0.3 is 10.6 Å². The largest absolute Gasteiger partial charge is 0.355 e. The summed E-state index contributed by atoms with van der Waals surface area (Å²) < 4.78 is 0. The van der Waals surface area contributed by atoms with Crippen LogP contribution in [0.1, 0.15) is 51.2 Å². The van der Waals surface area contributed by atoms with Crippen LogP contribution in [0.2, 0.25) is 0 Å². The number of unbranched alkanes of at least 4 members (excludes halogenated alkanes) is 1. The topological polar surface area (TPSA) is 41.1 Å². The highest BCUT2D eigenvalue weighted by Gasteiger charge is 2.12. The van der Waals surface area contributed by atoms with E-state index in [-0.39, 0.29) is 11.3 Å². The van der Waals surface area contributed by atoms with Gasteiger partial charge in [0.15, 0.2) is 0 Å². The van der Waals surface area contributed by atoms with Crippen LogP contribution < -0.4 is 10.6 Å². The number of likely N-dealkylation sites (N-methyl/N-ethyl adjacent to an activating group) is 1. The molecule has 0 aliphatic heterocycles. The molecule has 0 radical (unpaired) electrons. The predicted octanol–water partition coefficient (Wildman–Crippen LogP) is 3.03. The number of hydrogen-bond donors (Lipinski definition) is 2. The van der Waals surface area contributed by atoms with E-state index in [1.165, 1.54) is 11.1 Å². The molecule has 0 saturated carbocycles. The van der Waals surface area contributed by atoms with Gasteiger partial charge in [-0.25, -0.2) is 0 Å². The molecule has 118 valence electrons. The summed E-state index contributed by atoms with van der Waals surface area (Å²) in [6.07, 6.45) is 3.69. The van der Waals surface area contributed by atoms with Gasteiger partial charge in [0.05, 0.1) is 0 Å². The van der Waals surface area contributed by atoms with Crippen molar-refractivity contribution < 1.29 is 4.79 Å². The third kappa shape index (κ3) is 7.28. The van der Waals surface area contributed by atoms with E-state index < -0.39 is 0 Å². The highest BCUT2D eigenvalue weighted by Crippen LogP contribution is 2.22. The van der Waals surface area contributed by atoms with Gasteiger partial charge >= 0.3 is 0 Å². The summed E-state index contributed by atoms with van der Waals surface area (Å²) >= 11 is 0. The highest BCUT2D eigenvalue weighted by molar-refractivity contribution is 5.75. The lowest BCUT2D eigenvalue weighted by Crippen LogP contribution is -2.30. The van der Waals surface area contributed by atoms with Crippen molar-refractivity contribution >= 4 is 5.91 Å². The van der Waals surface area contributed by atoms with Crippen LogP contribution in [0.5, 0.6) is 0 Å². The average Bonchev–Trinajstić information content (AvgIpc) is 2.43. The average molecular weight is 290 g/mol. The molecule has 1 aromatic carbocycles. The number of hydrogen-bond acceptors (Lipinski definition) is 2. The second-order valence-electron chi connectivity index (χ2n) is 6.61. The van der Waals surface area contributed by atoms with Gasteiger partial charge in [-0.3, -0.25) is 4.79 Å². The first kappa shape index (κ1) is 17.7. The lowest BCUT2D eigenvalue weighted by Gasteiger charge is -2.19. The van der Waals surface area contributed by atoms with Crippen LogP contribution >= 0.6 is 0 Å². The van der Waals surface area contributed by atoms with E-state index in [0.29, 0.717) is 13.0 Å². The Morgan fingerprint density at radius 2 is 1.71 bits per heavy atom. The van der Waals surface area contributed by atoms with E-state index in [9.17, 15) is 4.79 Å². The number of benzene rings is 1. The Labute approximate surface area is 129 Å². The molecule has 0 unspecified atom stereocenters. The monoisotopic (exact) mass is 290 g/mol. The molecule has 0 aromatic heterocycles. The SMILES string of the molecule is CNCCNC(=O)CCCCc1ccc(C(C)(C)C)cc1. The second kappa shape index (κ2) is 8.83. The maximum absolute atomic E-state index is 11.5. The molecule has 0 aliphatic carbocycles. The zero-order valence-corrected chi connectivity index (χ0v) is 14.0.